The van der Waals surface area contributed by atoms with Crippen LogP contribution in [0.1, 0.15) is 49.7 Å². The molecular formula is C16H23N3O. The van der Waals surface area contributed by atoms with Crippen LogP contribution in [0.5, 0.6) is 5.75 Å². The Kier molecular flexibility index (Phi) is 4.45. The second-order valence-corrected chi connectivity index (χ2v) is 5.50. The minimum Gasteiger partial charge on any atom is -0.487 e. The highest BCUT2D eigenvalue weighted by Crippen LogP contribution is 2.26. The monoisotopic (exact) mass is 273 g/mol. The van der Waals surface area contributed by atoms with E-state index in [0.717, 1.165) is 17.0 Å². The highest BCUT2D eigenvalue weighted by atomic mass is 16.5. The molecule has 4 heteroatoms. The van der Waals surface area contributed by atoms with Crippen molar-refractivity contribution in [2.45, 2.75) is 46.4 Å². The van der Waals surface area contributed by atoms with Gasteiger partial charge in [-0.25, -0.2) is 4.98 Å². The fraction of sp³-hybridized carbons (Fsp3) is 0.438. The number of aryl methyl sites for hydroxylation is 1. The molecule has 0 aliphatic carbocycles. The van der Waals surface area contributed by atoms with Gasteiger partial charge in [-0.2, -0.15) is 0 Å². The van der Waals surface area contributed by atoms with Crippen molar-refractivity contribution in [2.24, 2.45) is 5.73 Å². The zero-order valence-electron chi connectivity index (χ0n) is 12.6. The van der Waals surface area contributed by atoms with E-state index in [2.05, 4.69) is 36.4 Å². The van der Waals surface area contributed by atoms with Gasteiger partial charge in [-0.3, -0.25) is 0 Å². The van der Waals surface area contributed by atoms with Crippen LogP contribution in [0.4, 0.5) is 0 Å². The quantitative estimate of drug-likeness (QED) is 0.908. The third-order valence-corrected chi connectivity index (χ3v) is 3.34. The molecule has 1 aromatic carbocycles. The molecule has 0 spiro atoms. The number of imidazole rings is 1. The normalized spacial score (nSPS) is 12.7. The molecule has 4 nitrogen and oxygen atoms in total. The van der Waals surface area contributed by atoms with Gasteiger partial charge in [0.2, 0.25) is 0 Å². The van der Waals surface area contributed by atoms with Gasteiger partial charge in [-0.05, 0) is 39.3 Å². The van der Waals surface area contributed by atoms with Gasteiger partial charge >= 0.3 is 0 Å². The minimum absolute atomic E-state index is 0.0411. The summed E-state index contributed by atoms with van der Waals surface area (Å²) in [4.78, 5) is 4.19. The Labute approximate surface area is 120 Å². The summed E-state index contributed by atoms with van der Waals surface area (Å²) < 4.78 is 8.09. The standard InChI is InChI=1S/C16H23N3O/c1-11(2)19-10-18-8-14(19)9-20-16-7-12(3)5-6-15(16)13(4)17/h5-8,10-11,13H,9,17H2,1-4H3/t13-/m0/s1. The van der Waals surface area contributed by atoms with E-state index in [0.29, 0.717) is 12.6 Å². The van der Waals surface area contributed by atoms with Crippen LogP contribution in [-0.4, -0.2) is 9.55 Å². The largest absolute Gasteiger partial charge is 0.487 e. The number of nitrogens with two attached hydrogens (primary N) is 1. The Bertz CT molecular complexity index is 573. The van der Waals surface area contributed by atoms with Crippen LogP contribution in [0.3, 0.4) is 0 Å². The maximum Gasteiger partial charge on any atom is 0.130 e. The Morgan fingerprint density at radius 2 is 2.05 bits per heavy atom. The van der Waals surface area contributed by atoms with E-state index in [9.17, 15) is 0 Å². The molecule has 0 aliphatic rings. The summed E-state index contributed by atoms with van der Waals surface area (Å²) in [6.45, 7) is 8.78. The van der Waals surface area contributed by atoms with Crippen molar-refractivity contribution in [3.8, 4) is 5.75 Å². The molecule has 2 aromatic rings. The first-order valence-corrected chi connectivity index (χ1v) is 6.98. The van der Waals surface area contributed by atoms with Gasteiger partial charge in [0.05, 0.1) is 18.2 Å². The van der Waals surface area contributed by atoms with Gasteiger partial charge < -0.3 is 15.0 Å². The summed E-state index contributed by atoms with van der Waals surface area (Å²) >= 11 is 0. The number of ether oxygens (including phenoxy) is 1. The molecule has 20 heavy (non-hydrogen) atoms. The summed E-state index contributed by atoms with van der Waals surface area (Å²) in [7, 11) is 0. The molecule has 2 N–H and O–H groups in total. The Morgan fingerprint density at radius 1 is 1.30 bits per heavy atom. The highest BCUT2D eigenvalue weighted by molar-refractivity contribution is 5.39. The number of rotatable bonds is 5. The fourth-order valence-corrected chi connectivity index (χ4v) is 2.20. The molecule has 1 heterocycles. The van der Waals surface area contributed by atoms with E-state index in [4.69, 9.17) is 10.5 Å². The van der Waals surface area contributed by atoms with E-state index in [1.165, 1.54) is 5.56 Å². The van der Waals surface area contributed by atoms with Crippen LogP contribution in [0.25, 0.3) is 0 Å². The molecule has 2 rings (SSSR count). The van der Waals surface area contributed by atoms with Gasteiger partial charge in [0.1, 0.15) is 12.4 Å². The van der Waals surface area contributed by atoms with Crippen LogP contribution >= 0.6 is 0 Å². The molecule has 0 amide bonds. The molecule has 0 bridgehead atoms. The number of benzene rings is 1. The third-order valence-electron chi connectivity index (χ3n) is 3.34. The second kappa shape index (κ2) is 6.09. The third kappa shape index (κ3) is 3.20. The molecular weight excluding hydrogens is 250 g/mol. The molecule has 0 radical (unpaired) electrons. The van der Waals surface area contributed by atoms with E-state index in [-0.39, 0.29) is 6.04 Å². The smallest absolute Gasteiger partial charge is 0.130 e. The van der Waals surface area contributed by atoms with E-state index < -0.39 is 0 Å². The highest BCUT2D eigenvalue weighted by Gasteiger charge is 2.11. The molecule has 0 unspecified atom stereocenters. The van der Waals surface area contributed by atoms with Crippen molar-refractivity contribution < 1.29 is 4.74 Å². The number of hydrogen-bond donors (Lipinski definition) is 1. The van der Waals surface area contributed by atoms with E-state index in [1.54, 1.807) is 0 Å². The number of hydrogen-bond acceptors (Lipinski definition) is 3. The molecule has 0 aliphatic heterocycles. The zero-order valence-corrected chi connectivity index (χ0v) is 12.6. The SMILES string of the molecule is Cc1ccc([C@H](C)N)c(OCc2cncn2C(C)C)c1. The predicted octanol–water partition coefficient (Wildman–Crippen LogP) is 3.37. The first kappa shape index (κ1) is 14.6. The summed E-state index contributed by atoms with van der Waals surface area (Å²) in [5.74, 6) is 0.858. The molecule has 0 fully saturated rings. The van der Waals surface area contributed by atoms with Crippen LogP contribution < -0.4 is 10.5 Å². The molecule has 0 saturated carbocycles. The van der Waals surface area contributed by atoms with Crippen LogP contribution in [0.15, 0.2) is 30.7 Å². The topological polar surface area (TPSA) is 53.1 Å². The molecule has 1 aromatic heterocycles. The maximum absolute atomic E-state index is 5.99. The summed E-state index contributed by atoms with van der Waals surface area (Å²) in [6.07, 6.45) is 3.69. The average Bonchev–Trinajstić information content (AvgIpc) is 2.84. The van der Waals surface area contributed by atoms with Crippen molar-refractivity contribution in [3.63, 3.8) is 0 Å². The fourth-order valence-electron chi connectivity index (χ4n) is 2.20. The predicted molar refractivity (Wildman–Crippen MR) is 80.7 cm³/mol. The lowest BCUT2D eigenvalue weighted by molar-refractivity contribution is 0.287. The minimum atomic E-state index is -0.0411. The molecule has 108 valence electrons. The summed E-state index contributed by atoms with van der Waals surface area (Å²) in [6, 6.07) is 6.47. The average molecular weight is 273 g/mol. The Balaban J connectivity index is 2.18. The van der Waals surface area contributed by atoms with E-state index >= 15 is 0 Å². The van der Waals surface area contributed by atoms with Crippen LogP contribution in [0, 0.1) is 6.92 Å². The van der Waals surface area contributed by atoms with Gasteiger partial charge in [0, 0.05) is 17.6 Å². The van der Waals surface area contributed by atoms with Gasteiger partial charge in [0.15, 0.2) is 0 Å². The van der Waals surface area contributed by atoms with Crippen molar-refractivity contribution >= 4 is 0 Å². The zero-order chi connectivity index (χ0) is 14.7. The van der Waals surface area contributed by atoms with Crippen molar-refractivity contribution in [1.29, 1.82) is 0 Å². The van der Waals surface area contributed by atoms with Gasteiger partial charge in [0.25, 0.3) is 0 Å². The summed E-state index contributed by atoms with van der Waals surface area (Å²) in [5.41, 5.74) is 9.26. The van der Waals surface area contributed by atoms with Crippen molar-refractivity contribution in [3.05, 3.63) is 47.5 Å². The number of aromatic nitrogens is 2. The lowest BCUT2D eigenvalue weighted by atomic mass is 10.1. The Hall–Kier alpha value is -1.81. The summed E-state index contributed by atoms with van der Waals surface area (Å²) in [5, 5.41) is 0. The van der Waals surface area contributed by atoms with Gasteiger partial charge in [-0.15, -0.1) is 0 Å². The van der Waals surface area contributed by atoms with Crippen molar-refractivity contribution in [1.82, 2.24) is 9.55 Å². The maximum atomic E-state index is 5.99. The lowest BCUT2D eigenvalue weighted by Gasteiger charge is -2.16. The van der Waals surface area contributed by atoms with Crippen LogP contribution in [-0.2, 0) is 6.61 Å². The first-order chi connectivity index (χ1) is 9.49. The second-order valence-electron chi connectivity index (χ2n) is 5.50. The Morgan fingerprint density at radius 3 is 2.70 bits per heavy atom. The van der Waals surface area contributed by atoms with Gasteiger partial charge in [-0.1, -0.05) is 12.1 Å². The lowest BCUT2D eigenvalue weighted by Crippen LogP contribution is -2.10. The number of nitrogens with zero attached hydrogens (tertiary/aromatic N) is 2. The molecule has 1 atom stereocenters. The molecule has 0 saturated heterocycles. The van der Waals surface area contributed by atoms with Crippen LogP contribution in [0.2, 0.25) is 0 Å². The van der Waals surface area contributed by atoms with Crippen molar-refractivity contribution in [2.75, 3.05) is 0 Å². The van der Waals surface area contributed by atoms with E-state index in [1.807, 2.05) is 31.6 Å². The first-order valence-electron chi connectivity index (χ1n) is 6.98.